The van der Waals surface area contributed by atoms with E-state index in [9.17, 15) is 9.59 Å². The molecule has 1 atom stereocenters. The lowest BCUT2D eigenvalue weighted by Gasteiger charge is -2.16. The summed E-state index contributed by atoms with van der Waals surface area (Å²) in [5.41, 5.74) is 0.659. The fraction of sp³-hybridized carbons (Fsp3) is 0.429. The number of carbonyl (C=O) groups excluding carboxylic acids is 2. The summed E-state index contributed by atoms with van der Waals surface area (Å²) in [6, 6.07) is 4.30. The van der Waals surface area contributed by atoms with E-state index in [1.165, 1.54) is 7.11 Å². The van der Waals surface area contributed by atoms with Crippen molar-refractivity contribution in [3.05, 3.63) is 33.8 Å². The number of amides is 1. The van der Waals surface area contributed by atoms with Crippen LogP contribution in [0, 0.1) is 0 Å². The molecule has 0 aliphatic carbocycles. The lowest BCUT2D eigenvalue weighted by molar-refractivity contribution is -0.145. The molecule has 0 saturated heterocycles. The standard InChI is InChI=1S/C14H17Cl2NO3S/c1-20-14(19)12(5-6-21-2)17-13(18)7-9-3-4-10(15)8-11(9)16/h3-4,8,12H,5-7H2,1-2H3,(H,17,18)/t12-/m0/s1. The molecular formula is C14H17Cl2NO3S. The van der Waals surface area contributed by atoms with Crippen molar-refractivity contribution >= 4 is 46.8 Å². The molecule has 1 rings (SSSR count). The monoisotopic (exact) mass is 349 g/mol. The molecule has 7 heteroatoms. The van der Waals surface area contributed by atoms with Crippen molar-refractivity contribution in [2.45, 2.75) is 18.9 Å². The number of nitrogens with one attached hydrogen (secondary N) is 1. The van der Waals surface area contributed by atoms with Gasteiger partial charge in [0.25, 0.3) is 0 Å². The molecular weight excluding hydrogens is 333 g/mol. The third-order valence-electron chi connectivity index (χ3n) is 2.80. The number of esters is 1. The van der Waals surface area contributed by atoms with Crippen molar-refractivity contribution < 1.29 is 14.3 Å². The van der Waals surface area contributed by atoms with E-state index in [4.69, 9.17) is 27.9 Å². The zero-order chi connectivity index (χ0) is 15.8. The lowest BCUT2D eigenvalue weighted by atomic mass is 10.1. The number of rotatable bonds is 7. The Morgan fingerprint density at radius 3 is 2.67 bits per heavy atom. The second-order valence-electron chi connectivity index (χ2n) is 4.34. The number of ether oxygens (including phenoxy) is 1. The van der Waals surface area contributed by atoms with Crippen molar-refractivity contribution in [2.75, 3.05) is 19.1 Å². The van der Waals surface area contributed by atoms with Crippen LogP contribution in [-0.2, 0) is 20.7 Å². The Morgan fingerprint density at radius 2 is 2.10 bits per heavy atom. The van der Waals surface area contributed by atoms with E-state index in [1.807, 2.05) is 6.26 Å². The molecule has 0 aliphatic rings. The average molecular weight is 350 g/mol. The predicted octanol–water partition coefficient (Wildman–Crippen LogP) is 2.95. The number of thioether (sulfide) groups is 1. The number of hydrogen-bond donors (Lipinski definition) is 1. The number of halogens is 2. The summed E-state index contributed by atoms with van der Waals surface area (Å²) in [5, 5.41) is 3.61. The average Bonchev–Trinajstić information content (AvgIpc) is 2.45. The second kappa shape index (κ2) is 9.18. The van der Waals surface area contributed by atoms with Gasteiger partial charge < -0.3 is 10.1 Å². The van der Waals surface area contributed by atoms with Gasteiger partial charge >= 0.3 is 5.97 Å². The highest BCUT2D eigenvalue weighted by Crippen LogP contribution is 2.21. The summed E-state index contributed by atoms with van der Waals surface area (Å²) in [5.74, 6) is 0.0252. The van der Waals surface area contributed by atoms with E-state index >= 15 is 0 Å². The minimum Gasteiger partial charge on any atom is -0.467 e. The smallest absolute Gasteiger partial charge is 0.328 e. The van der Waals surface area contributed by atoms with Gasteiger partial charge in [-0.3, -0.25) is 4.79 Å². The topological polar surface area (TPSA) is 55.4 Å². The van der Waals surface area contributed by atoms with E-state index in [1.54, 1.807) is 30.0 Å². The first kappa shape index (κ1) is 18.1. The number of hydrogen-bond acceptors (Lipinski definition) is 4. The molecule has 1 amide bonds. The molecule has 4 nitrogen and oxygen atoms in total. The van der Waals surface area contributed by atoms with Crippen LogP contribution in [0.5, 0.6) is 0 Å². The van der Waals surface area contributed by atoms with Crippen LogP contribution in [0.2, 0.25) is 10.0 Å². The van der Waals surface area contributed by atoms with Crippen LogP contribution in [0.25, 0.3) is 0 Å². The van der Waals surface area contributed by atoms with Gasteiger partial charge in [0, 0.05) is 10.0 Å². The maximum Gasteiger partial charge on any atom is 0.328 e. The molecule has 0 aliphatic heterocycles. The molecule has 1 aromatic rings. The largest absolute Gasteiger partial charge is 0.467 e. The SMILES string of the molecule is COC(=O)[C@H](CCSC)NC(=O)Cc1ccc(Cl)cc1Cl. The number of carbonyl (C=O) groups is 2. The third kappa shape index (κ3) is 6.16. The van der Waals surface area contributed by atoms with Crippen LogP contribution in [0.15, 0.2) is 18.2 Å². The van der Waals surface area contributed by atoms with Crippen molar-refractivity contribution in [1.29, 1.82) is 0 Å². The minimum atomic E-state index is -0.638. The van der Waals surface area contributed by atoms with E-state index in [2.05, 4.69) is 5.32 Å². The maximum absolute atomic E-state index is 12.0. The van der Waals surface area contributed by atoms with Crippen molar-refractivity contribution in [2.24, 2.45) is 0 Å². The fourth-order valence-electron chi connectivity index (χ4n) is 1.71. The normalized spacial score (nSPS) is 11.8. The molecule has 0 heterocycles. The minimum absolute atomic E-state index is 0.0861. The zero-order valence-electron chi connectivity index (χ0n) is 11.8. The van der Waals surface area contributed by atoms with Crippen LogP contribution in [0.1, 0.15) is 12.0 Å². The lowest BCUT2D eigenvalue weighted by Crippen LogP contribution is -2.42. The quantitative estimate of drug-likeness (QED) is 0.769. The maximum atomic E-state index is 12.0. The van der Waals surface area contributed by atoms with Crippen LogP contribution in [0.4, 0.5) is 0 Å². The van der Waals surface area contributed by atoms with Gasteiger partial charge in [0.05, 0.1) is 13.5 Å². The summed E-state index contributed by atoms with van der Waals surface area (Å²) in [7, 11) is 1.30. The second-order valence-corrected chi connectivity index (χ2v) is 6.17. The summed E-state index contributed by atoms with van der Waals surface area (Å²) < 4.78 is 4.69. The van der Waals surface area contributed by atoms with Gasteiger partial charge in [-0.05, 0) is 36.1 Å². The molecule has 1 aromatic carbocycles. The first-order chi connectivity index (χ1) is 9.97. The summed E-state index contributed by atoms with van der Waals surface area (Å²) in [6.07, 6.45) is 2.54. The summed E-state index contributed by atoms with van der Waals surface area (Å²) >= 11 is 13.4. The van der Waals surface area contributed by atoms with E-state index in [-0.39, 0.29) is 12.3 Å². The molecule has 116 valence electrons. The van der Waals surface area contributed by atoms with E-state index < -0.39 is 12.0 Å². The van der Waals surface area contributed by atoms with Gasteiger partial charge in [-0.1, -0.05) is 29.3 Å². The molecule has 0 spiro atoms. The third-order valence-corrected chi connectivity index (χ3v) is 4.03. The number of methoxy groups -OCH3 is 1. The molecule has 0 bridgehead atoms. The highest BCUT2D eigenvalue weighted by Gasteiger charge is 2.21. The number of benzene rings is 1. The zero-order valence-corrected chi connectivity index (χ0v) is 14.1. The molecule has 1 N–H and O–H groups in total. The summed E-state index contributed by atoms with van der Waals surface area (Å²) in [4.78, 5) is 23.7. The Bertz CT molecular complexity index is 511. The first-order valence-electron chi connectivity index (χ1n) is 6.28. The highest BCUT2D eigenvalue weighted by atomic mass is 35.5. The van der Waals surface area contributed by atoms with Gasteiger partial charge in [0.2, 0.25) is 5.91 Å². The molecule has 0 fully saturated rings. The van der Waals surface area contributed by atoms with Gasteiger partial charge in [0.15, 0.2) is 0 Å². The molecule has 0 unspecified atom stereocenters. The Hall–Kier alpha value is -0.910. The first-order valence-corrected chi connectivity index (χ1v) is 8.43. The van der Waals surface area contributed by atoms with Crippen LogP contribution < -0.4 is 5.32 Å². The van der Waals surface area contributed by atoms with Crippen molar-refractivity contribution in [3.63, 3.8) is 0 Å². The van der Waals surface area contributed by atoms with Crippen LogP contribution in [-0.4, -0.2) is 37.0 Å². The van der Waals surface area contributed by atoms with Gasteiger partial charge in [-0.15, -0.1) is 0 Å². The van der Waals surface area contributed by atoms with Crippen molar-refractivity contribution in [3.8, 4) is 0 Å². The molecule has 0 saturated carbocycles. The Kier molecular flexibility index (Phi) is 7.93. The highest BCUT2D eigenvalue weighted by molar-refractivity contribution is 7.98. The van der Waals surface area contributed by atoms with Crippen LogP contribution in [0.3, 0.4) is 0 Å². The molecule has 0 aromatic heterocycles. The Morgan fingerprint density at radius 1 is 1.38 bits per heavy atom. The predicted molar refractivity (Wildman–Crippen MR) is 87.1 cm³/mol. The Balaban J connectivity index is 2.66. The molecule has 21 heavy (non-hydrogen) atoms. The van der Waals surface area contributed by atoms with Gasteiger partial charge in [0.1, 0.15) is 6.04 Å². The van der Waals surface area contributed by atoms with Gasteiger partial charge in [-0.25, -0.2) is 4.79 Å². The van der Waals surface area contributed by atoms with E-state index in [0.717, 1.165) is 5.75 Å². The van der Waals surface area contributed by atoms with Crippen molar-refractivity contribution in [1.82, 2.24) is 5.32 Å². The van der Waals surface area contributed by atoms with Gasteiger partial charge in [-0.2, -0.15) is 11.8 Å². The van der Waals surface area contributed by atoms with Crippen LogP contribution >= 0.6 is 35.0 Å². The fourth-order valence-corrected chi connectivity index (χ4v) is 2.66. The molecule has 0 radical (unpaired) electrons. The Labute approximate surface area is 138 Å². The van der Waals surface area contributed by atoms with E-state index in [0.29, 0.717) is 22.0 Å². The summed E-state index contributed by atoms with van der Waals surface area (Å²) in [6.45, 7) is 0.